The highest BCUT2D eigenvalue weighted by Gasteiger charge is 2.65. The zero-order chi connectivity index (χ0) is 10.4. The topological polar surface area (TPSA) is 24.7 Å². The third kappa shape index (κ3) is 1.18. The standard InChI is InChI=1S/C8H4F4N2/c9-6-3-1-2-5(4-6)7(13-14-7)8(10,11)12/h1-4H. The Kier molecular flexibility index (Phi) is 1.64. The van der Waals surface area contributed by atoms with Gasteiger partial charge in [-0.2, -0.15) is 13.2 Å². The summed E-state index contributed by atoms with van der Waals surface area (Å²) in [5.41, 5.74) is -2.81. The SMILES string of the molecule is Fc1cccc(C2(C(F)(F)F)N=N2)c1. The molecule has 0 amide bonds. The number of halogens is 4. The predicted molar refractivity (Wildman–Crippen MR) is 39.0 cm³/mol. The van der Waals surface area contributed by atoms with Crippen molar-refractivity contribution in [3.63, 3.8) is 0 Å². The van der Waals surface area contributed by atoms with Crippen molar-refractivity contribution in [2.24, 2.45) is 10.2 Å². The second-order valence-corrected chi connectivity index (χ2v) is 2.88. The van der Waals surface area contributed by atoms with Gasteiger partial charge in [-0.1, -0.05) is 12.1 Å². The monoisotopic (exact) mass is 204 g/mol. The summed E-state index contributed by atoms with van der Waals surface area (Å²) < 4.78 is 49.9. The summed E-state index contributed by atoms with van der Waals surface area (Å²) in [6, 6.07) is 4.20. The molecule has 0 unspecified atom stereocenters. The Balaban J connectivity index is 2.41. The van der Waals surface area contributed by atoms with Crippen molar-refractivity contribution in [3.8, 4) is 0 Å². The molecule has 2 rings (SSSR count). The average molecular weight is 204 g/mol. The van der Waals surface area contributed by atoms with Crippen LogP contribution in [0.1, 0.15) is 5.56 Å². The fourth-order valence-electron chi connectivity index (χ4n) is 1.15. The van der Waals surface area contributed by atoms with Crippen LogP contribution in [0.4, 0.5) is 17.6 Å². The van der Waals surface area contributed by atoms with Crippen LogP contribution in [0, 0.1) is 5.82 Å². The van der Waals surface area contributed by atoms with E-state index in [1.807, 2.05) is 0 Å². The first kappa shape index (κ1) is 9.11. The molecule has 0 N–H and O–H groups in total. The molecule has 0 bridgehead atoms. The van der Waals surface area contributed by atoms with Gasteiger partial charge in [0.1, 0.15) is 5.82 Å². The Labute approximate surface area is 76.3 Å². The van der Waals surface area contributed by atoms with E-state index in [2.05, 4.69) is 10.2 Å². The van der Waals surface area contributed by atoms with Crippen LogP contribution in [-0.4, -0.2) is 6.18 Å². The third-order valence-corrected chi connectivity index (χ3v) is 1.92. The van der Waals surface area contributed by atoms with E-state index >= 15 is 0 Å². The van der Waals surface area contributed by atoms with Crippen LogP contribution >= 0.6 is 0 Å². The van der Waals surface area contributed by atoms with Crippen molar-refractivity contribution in [3.05, 3.63) is 35.6 Å². The summed E-state index contributed by atoms with van der Waals surface area (Å²) in [6.07, 6.45) is -4.60. The number of rotatable bonds is 1. The van der Waals surface area contributed by atoms with E-state index in [1.165, 1.54) is 6.07 Å². The molecule has 14 heavy (non-hydrogen) atoms. The lowest BCUT2D eigenvalue weighted by Gasteiger charge is -2.14. The summed E-state index contributed by atoms with van der Waals surface area (Å²) in [7, 11) is 0. The predicted octanol–water partition coefficient (Wildman–Crippen LogP) is 3.01. The Hall–Kier alpha value is -1.46. The van der Waals surface area contributed by atoms with Gasteiger partial charge >= 0.3 is 11.8 Å². The molecule has 0 saturated carbocycles. The maximum absolute atomic E-state index is 12.7. The second kappa shape index (κ2) is 2.52. The molecule has 1 aliphatic heterocycles. The Morgan fingerprint density at radius 1 is 1.14 bits per heavy atom. The Bertz CT molecular complexity index is 391. The van der Waals surface area contributed by atoms with E-state index in [0.29, 0.717) is 0 Å². The van der Waals surface area contributed by atoms with Crippen LogP contribution in [0.3, 0.4) is 0 Å². The van der Waals surface area contributed by atoms with Gasteiger partial charge in [-0.3, -0.25) is 0 Å². The van der Waals surface area contributed by atoms with Crippen molar-refractivity contribution in [1.82, 2.24) is 0 Å². The minimum absolute atomic E-state index is 0.287. The molecule has 0 radical (unpaired) electrons. The lowest BCUT2D eigenvalue weighted by atomic mass is 10.0. The van der Waals surface area contributed by atoms with Crippen LogP contribution in [0.2, 0.25) is 0 Å². The Morgan fingerprint density at radius 3 is 2.21 bits per heavy atom. The molecule has 6 heteroatoms. The van der Waals surface area contributed by atoms with Crippen LogP contribution in [0.5, 0.6) is 0 Å². The molecule has 1 aliphatic rings. The average Bonchev–Trinajstić information content (AvgIpc) is 2.82. The molecular formula is C8H4F4N2. The highest BCUT2D eigenvalue weighted by molar-refractivity contribution is 5.29. The molecule has 0 fully saturated rings. The summed E-state index contributed by atoms with van der Waals surface area (Å²) in [5.74, 6) is -0.733. The first-order chi connectivity index (χ1) is 6.46. The van der Waals surface area contributed by atoms with Crippen LogP contribution < -0.4 is 0 Å². The smallest absolute Gasteiger partial charge is 0.207 e. The van der Waals surface area contributed by atoms with Gasteiger partial charge in [-0.15, -0.1) is 10.2 Å². The number of hydrogen-bond donors (Lipinski definition) is 0. The van der Waals surface area contributed by atoms with Gasteiger partial charge in [0.2, 0.25) is 0 Å². The lowest BCUT2D eigenvalue weighted by molar-refractivity contribution is -0.166. The molecule has 0 aliphatic carbocycles. The molecule has 0 atom stereocenters. The highest BCUT2D eigenvalue weighted by atomic mass is 19.4. The van der Waals surface area contributed by atoms with Gasteiger partial charge in [0.25, 0.3) is 0 Å². The number of benzene rings is 1. The van der Waals surface area contributed by atoms with Crippen molar-refractivity contribution >= 4 is 0 Å². The van der Waals surface area contributed by atoms with Gasteiger partial charge < -0.3 is 0 Å². The maximum atomic E-state index is 12.7. The van der Waals surface area contributed by atoms with Crippen LogP contribution in [0.15, 0.2) is 34.5 Å². The molecule has 0 spiro atoms. The fourth-order valence-corrected chi connectivity index (χ4v) is 1.15. The maximum Gasteiger partial charge on any atom is 0.442 e. The van der Waals surface area contributed by atoms with Crippen molar-refractivity contribution in [2.75, 3.05) is 0 Å². The van der Waals surface area contributed by atoms with Gasteiger partial charge in [-0.05, 0) is 12.1 Å². The van der Waals surface area contributed by atoms with Crippen molar-refractivity contribution in [2.45, 2.75) is 11.8 Å². The molecular weight excluding hydrogens is 200 g/mol. The van der Waals surface area contributed by atoms with Crippen molar-refractivity contribution < 1.29 is 17.6 Å². The molecule has 0 aromatic heterocycles. The first-order valence-electron chi connectivity index (χ1n) is 3.72. The normalized spacial score (nSPS) is 18.3. The number of nitrogens with zero attached hydrogens (tertiary/aromatic N) is 2. The number of alkyl halides is 3. The molecule has 0 saturated heterocycles. The van der Waals surface area contributed by atoms with Gasteiger partial charge in [-0.25, -0.2) is 4.39 Å². The summed E-state index contributed by atoms with van der Waals surface area (Å²) in [5, 5.41) is 5.90. The zero-order valence-corrected chi connectivity index (χ0v) is 6.72. The molecule has 1 aromatic carbocycles. The summed E-state index contributed by atoms with van der Waals surface area (Å²) in [4.78, 5) is 0. The molecule has 74 valence electrons. The minimum Gasteiger partial charge on any atom is -0.207 e. The van der Waals surface area contributed by atoms with Gasteiger partial charge in [0.05, 0.1) is 0 Å². The van der Waals surface area contributed by atoms with E-state index < -0.39 is 17.7 Å². The van der Waals surface area contributed by atoms with Gasteiger partial charge in [0, 0.05) is 5.56 Å². The second-order valence-electron chi connectivity index (χ2n) is 2.88. The Morgan fingerprint density at radius 2 is 1.79 bits per heavy atom. The van der Waals surface area contributed by atoms with E-state index in [0.717, 1.165) is 18.2 Å². The van der Waals surface area contributed by atoms with E-state index in [1.54, 1.807) is 0 Å². The largest absolute Gasteiger partial charge is 0.442 e. The first-order valence-corrected chi connectivity index (χ1v) is 3.72. The minimum atomic E-state index is -4.60. The fraction of sp³-hybridized carbons (Fsp3) is 0.250. The third-order valence-electron chi connectivity index (χ3n) is 1.92. The zero-order valence-electron chi connectivity index (χ0n) is 6.72. The van der Waals surface area contributed by atoms with Crippen LogP contribution in [-0.2, 0) is 5.66 Å². The van der Waals surface area contributed by atoms with Crippen molar-refractivity contribution in [1.29, 1.82) is 0 Å². The van der Waals surface area contributed by atoms with E-state index in [-0.39, 0.29) is 5.56 Å². The quantitative estimate of drug-likeness (QED) is 0.628. The molecule has 2 nitrogen and oxygen atoms in total. The van der Waals surface area contributed by atoms with Crippen LogP contribution in [0.25, 0.3) is 0 Å². The van der Waals surface area contributed by atoms with E-state index in [4.69, 9.17) is 0 Å². The molecule has 1 aromatic rings. The highest BCUT2D eigenvalue weighted by Crippen LogP contribution is 2.52. The number of hydrogen-bond acceptors (Lipinski definition) is 2. The van der Waals surface area contributed by atoms with E-state index in [9.17, 15) is 17.6 Å². The van der Waals surface area contributed by atoms with Gasteiger partial charge in [0.15, 0.2) is 0 Å². The summed E-state index contributed by atoms with van der Waals surface area (Å²) in [6.45, 7) is 0. The summed E-state index contributed by atoms with van der Waals surface area (Å²) >= 11 is 0. The molecule has 1 heterocycles. The lowest BCUT2D eigenvalue weighted by Crippen LogP contribution is -2.30.